The molecule has 0 bridgehead atoms. The SMILES string of the molecule is C/C(=C/C(c1ccccc1)c1ccccc1)CBr. The van der Waals surface area contributed by atoms with Crippen LogP contribution in [0.25, 0.3) is 0 Å². The largest absolute Gasteiger partial charge is 0.0880 e. The van der Waals surface area contributed by atoms with Gasteiger partial charge in [-0.2, -0.15) is 0 Å². The molecule has 18 heavy (non-hydrogen) atoms. The molecule has 0 amide bonds. The lowest BCUT2D eigenvalue weighted by atomic mass is 9.90. The topological polar surface area (TPSA) is 0 Å². The summed E-state index contributed by atoms with van der Waals surface area (Å²) in [6, 6.07) is 21.3. The first kappa shape index (κ1) is 13.1. The van der Waals surface area contributed by atoms with Crippen LogP contribution in [-0.4, -0.2) is 5.33 Å². The second-order valence-electron chi connectivity index (χ2n) is 4.45. The summed E-state index contributed by atoms with van der Waals surface area (Å²) in [6.45, 7) is 2.16. The van der Waals surface area contributed by atoms with Crippen LogP contribution in [0.1, 0.15) is 24.0 Å². The van der Waals surface area contributed by atoms with Gasteiger partial charge in [-0.25, -0.2) is 0 Å². The zero-order chi connectivity index (χ0) is 12.8. The number of alkyl halides is 1. The molecule has 0 N–H and O–H groups in total. The van der Waals surface area contributed by atoms with E-state index < -0.39 is 0 Å². The molecule has 0 unspecified atom stereocenters. The van der Waals surface area contributed by atoms with Gasteiger partial charge in [0, 0.05) is 11.2 Å². The smallest absolute Gasteiger partial charge is 0.0272 e. The summed E-state index contributed by atoms with van der Waals surface area (Å²) in [5.41, 5.74) is 4.03. The molecule has 0 saturated heterocycles. The van der Waals surface area contributed by atoms with Gasteiger partial charge in [-0.05, 0) is 18.1 Å². The third-order valence-corrected chi connectivity index (χ3v) is 3.86. The molecule has 0 aliphatic rings. The van der Waals surface area contributed by atoms with E-state index in [4.69, 9.17) is 0 Å². The van der Waals surface area contributed by atoms with Crippen molar-refractivity contribution in [2.75, 3.05) is 5.33 Å². The molecule has 0 saturated carbocycles. The Morgan fingerprint density at radius 2 is 1.39 bits per heavy atom. The minimum atomic E-state index is 0.338. The Hall–Kier alpha value is -1.34. The van der Waals surface area contributed by atoms with E-state index in [-0.39, 0.29) is 0 Å². The van der Waals surface area contributed by atoms with Crippen molar-refractivity contribution in [1.29, 1.82) is 0 Å². The van der Waals surface area contributed by atoms with Crippen LogP contribution in [0.2, 0.25) is 0 Å². The lowest BCUT2D eigenvalue weighted by molar-refractivity contribution is 1.01. The summed E-state index contributed by atoms with van der Waals surface area (Å²) in [4.78, 5) is 0. The summed E-state index contributed by atoms with van der Waals surface area (Å²) < 4.78 is 0. The highest BCUT2D eigenvalue weighted by Gasteiger charge is 2.10. The number of rotatable bonds is 4. The molecule has 0 spiro atoms. The van der Waals surface area contributed by atoms with Crippen molar-refractivity contribution in [3.05, 3.63) is 83.4 Å². The summed E-state index contributed by atoms with van der Waals surface area (Å²) in [5.74, 6) is 0.338. The Morgan fingerprint density at radius 1 is 0.944 bits per heavy atom. The number of hydrogen-bond donors (Lipinski definition) is 0. The van der Waals surface area contributed by atoms with Crippen molar-refractivity contribution >= 4 is 15.9 Å². The van der Waals surface area contributed by atoms with E-state index in [2.05, 4.69) is 89.6 Å². The highest BCUT2D eigenvalue weighted by Crippen LogP contribution is 2.27. The average molecular weight is 301 g/mol. The van der Waals surface area contributed by atoms with Gasteiger partial charge in [-0.15, -0.1) is 0 Å². The van der Waals surface area contributed by atoms with E-state index in [0.717, 1.165) is 5.33 Å². The Morgan fingerprint density at radius 3 is 1.78 bits per heavy atom. The summed E-state index contributed by atoms with van der Waals surface area (Å²) in [6.07, 6.45) is 2.33. The number of hydrogen-bond acceptors (Lipinski definition) is 0. The zero-order valence-electron chi connectivity index (χ0n) is 10.5. The van der Waals surface area contributed by atoms with Crippen LogP contribution < -0.4 is 0 Å². The van der Waals surface area contributed by atoms with Gasteiger partial charge in [-0.3, -0.25) is 0 Å². The quantitative estimate of drug-likeness (QED) is 0.540. The Labute approximate surface area is 117 Å². The summed E-state index contributed by atoms with van der Waals surface area (Å²) in [5, 5.41) is 0.920. The standard InChI is InChI=1S/C17H17Br/c1-14(13-18)12-17(15-8-4-2-5-9-15)16-10-6-3-7-11-16/h2-12,17H,13H2,1H3/b14-12-. The lowest BCUT2D eigenvalue weighted by Crippen LogP contribution is -1.99. The van der Waals surface area contributed by atoms with Gasteiger partial charge in [0.15, 0.2) is 0 Å². The molecule has 0 nitrogen and oxygen atoms in total. The molecule has 0 aliphatic heterocycles. The van der Waals surface area contributed by atoms with Gasteiger partial charge in [0.2, 0.25) is 0 Å². The molecule has 2 rings (SSSR count). The van der Waals surface area contributed by atoms with Crippen LogP contribution in [-0.2, 0) is 0 Å². The normalized spacial score (nSPS) is 11.8. The zero-order valence-corrected chi connectivity index (χ0v) is 12.1. The molecule has 0 heterocycles. The van der Waals surface area contributed by atoms with Crippen molar-refractivity contribution in [2.24, 2.45) is 0 Å². The van der Waals surface area contributed by atoms with Gasteiger partial charge < -0.3 is 0 Å². The maximum atomic E-state index is 3.52. The average Bonchev–Trinajstić information content (AvgIpc) is 2.46. The minimum absolute atomic E-state index is 0.338. The maximum Gasteiger partial charge on any atom is 0.0272 e. The van der Waals surface area contributed by atoms with Crippen LogP contribution in [0.4, 0.5) is 0 Å². The van der Waals surface area contributed by atoms with Crippen LogP contribution >= 0.6 is 15.9 Å². The van der Waals surface area contributed by atoms with Gasteiger partial charge in [-0.1, -0.05) is 88.2 Å². The van der Waals surface area contributed by atoms with Crippen molar-refractivity contribution in [3.63, 3.8) is 0 Å². The molecule has 0 atom stereocenters. The summed E-state index contributed by atoms with van der Waals surface area (Å²) >= 11 is 3.52. The highest BCUT2D eigenvalue weighted by molar-refractivity contribution is 9.09. The third kappa shape index (κ3) is 3.33. The van der Waals surface area contributed by atoms with Gasteiger partial charge in [0.25, 0.3) is 0 Å². The van der Waals surface area contributed by atoms with Gasteiger partial charge in [0.1, 0.15) is 0 Å². The molecule has 2 aromatic carbocycles. The molecule has 0 aromatic heterocycles. The van der Waals surface area contributed by atoms with Crippen LogP contribution in [0.5, 0.6) is 0 Å². The van der Waals surface area contributed by atoms with Crippen LogP contribution in [0.15, 0.2) is 72.3 Å². The molecule has 0 fully saturated rings. The van der Waals surface area contributed by atoms with Crippen LogP contribution in [0.3, 0.4) is 0 Å². The van der Waals surface area contributed by atoms with E-state index in [1.165, 1.54) is 16.7 Å². The summed E-state index contributed by atoms with van der Waals surface area (Å²) in [7, 11) is 0. The monoisotopic (exact) mass is 300 g/mol. The van der Waals surface area contributed by atoms with E-state index in [9.17, 15) is 0 Å². The second-order valence-corrected chi connectivity index (χ2v) is 5.01. The fourth-order valence-electron chi connectivity index (χ4n) is 2.03. The van der Waals surface area contributed by atoms with Crippen molar-refractivity contribution in [3.8, 4) is 0 Å². The van der Waals surface area contributed by atoms with Gasteiger partial charge in [0.05, 0.1) is 0 Å². The van der Waals surface area contributed by atoms with E-state index >= 15 is 0 Å². The fraction of sp³-hybridized carbons (Fsp3) is 0.176. The van der Waals surface area contributed by atoms with E-state index in [1.54, 1.807) is 0 Å². The van der Waals surface area contributed by atoms with Crippen molar-refractivity contribution < 1.29 is 0 Å². The predicted octanol–water partition coefficient (Wildman–Crippen LogP) is 5.16. The van der Waals surface area contributed by atoms with E-state index in [1.807, 2.05) is 0 Å². The lowest BCUT2D eigenvalue weighted by Gasteiger charge is -2.15. The number of halogens is 1. The second kappa shape index (κ2) is 6.55. The number of allylic oxidation sites excluding steroid dienone is 2. The molecule has 1 heteroatoms. The maximum absolute atomic E-state index is 3.52. The number of benzene rings is 2. The van der Waals surface area contributed by atoms with Crippen molar-refractivity contribution in [2.45, 2.75) is 12.8 Å². The first-order valence-corrected chi connectivity index (χ1v) is 7.26. The molecular weight excluding hydrogens is 284 g/mol. The Balaban J connectivity index is 2.42. The first-order chi connectivity index (χ1) is 8.81. The molecule has 0 radical (unpaired) electrons. The third-order valence-electron chi connectivity index (χ3n) is 2.98. The fourth-order valence-corrected chi connectivity index (χ4v) is 2.22. The Bertz CT molecular complexity index is 460. The molecule has 0 aliphatic carbocycles. The molecular formula is C17H17Br. The first-order valence-electron chi connectivity index (χ1n) is 6.14. The van der Waals surface area contributed by atoms with E-state index in [0.29, 0.717) is 5.92 Å². The minimum Gasteiger partial charge on any atom is -0.0880 e. The Kier molecular flexibility index (Phi) is 4.77. The highest BCUT2D eigenvalue weighted by atomic mass is 79.9. The van der Waals surface area contributed by atoms with Crippen molar-refractivity contribution in [1.82, 2.24) is 0 Å². The molecule has 92 valence electrons. The van der Waals surface area contributed by atoms with Crippen LogP contribution in [0, 0.1) is 0 Å². The van der Waals surface area contributed by atoms with Gasteiger partial charge >= 0.3 is 0 Å². The molecule has 2 aromatic rings. The predicted molar refractivity (Wildman–Crippen MR) is 82.3 cm³/mol.